The van der Waals surface area contributed by atoms with Crippen LogP contribution < -0.4 is 25.2 Å². The zero-order valence-electron chi connectivity index (χ0n) is 14.9. The van der Waals surface area contributed by atoms with Crippen molar-refractivity contribution in [2.45, 2.75) is 19.6 Å². The van der Waals surface area contributed by atoms with Gasteiger partial charge in [0.05, 0.1) is 4.53 Å². The van der Waals surface area contributed by atoms with Crippen molar-refractivity contribution >= 4 is 28.9 Å². The number of aromatic nitrogens is 1. The van der Waals surface area contributed by atoms with Gasteiger partial charge in [0.1, 0.15) is 16.5 Å². The van der Waals surface area contributed by atoms with Crippen molar-refractivity contribution in [3.8, 4) is 11.8 Å². The van der Waals surface area contributed by atoms with Gasteiger partial charge in [0.2, 0.25) is 0 Å². The lowest BCUT2D eigenvalue weighted by Crippen LogP contribution is -2.34. The van der Waals surface area contributed by atoms with Crippen LogP contribution in [0.25, 0.3) is 11.6 Å². The van der Waals surface area contributed by atoms with Gasteiger partial charge in [-0.25, -0.2) is 0 Å². The van der Waals surface area contributed by atoms with Crippen LogP contribution in [0.1, 0.15) is 12.0 Å². The van der Waals surface area contributed by atoms with E-state index in [1.807, 2.05) is 0 Å². The van der Waals surface area contributed by atoms with E-state index in [1.165, 1.54) is 36.0 Å². The molecule has 1 amide bonds. The lowest BCUT2D eigenvalue weighted by Gasteiger charge is -2.06. The van der Waals surface area contributed by atoms with E-state index in [1.54, 1.807) is 12.1 Å². The van der Waals surface area contributed by atoms with Crippen LogP contribution in [0.3, 0.4) is 0 Å². The number of carbonyl (C=O) groups is 1. The Balaban J connectivity index is 2.71. The predicted molar refractivity (Wildman–Crippen MR) is 99.2 cm³/mol. The number of para-hydroxylation sites is 1. The smallest absolute Gasteiger partial charge is 0.387 e. The van der Waals surface area contributed by atoms with Crippen LogP contribution >= 0.6 is 11.3 Å². The zero-order valence-corrected chi connectivity index (χ0v) is 15.7. The topological polar surface area (TPSA) is 107 Å². The summed E-state index contributed by atoms with van der Waals surface area (Å²) < 4.78 is 36.1. The normalized spacial score (nSPS) is 12.8. The molecule has 0 saturated carbocycles. The number of nitriles is 1. The first kappa shape index (κ1) is 21.3. The van der Waals surface area contributed by atoms with E-state index in [4.69, 9.17) is 10.5 Å². The van der Waals surface area contributed by atoms with Gasteiger partial charge in [-0.1, -0.05) is 18.2 Å². The molecular formula is C18H17F2N3O4S. The summed E-state index contributed by atoms with van der Waals surface area (Å²) in [7, 11) is 1.51. The third kappa shape index (κ3) is 5.03. The monoisotopic (exact) mass is 409 g/mol. The van der Waals surface area contributed by atoms with Crippen molar-refractivity contribution in [1.29, 1.82) is 5.26 Å². The van der Waals surface area contributed by atoms with Crippen molar-refractivity contribution in [3.63, 3.8) is 0 Å². The number of carbonyl (C=O) groups excluding carboxylic acids is 1. The highest BCUT2D eigenvalue weighted by Crippen LogP contribution is 2.20. The predicted octanol–water partition coefficient (Wildman–Crippen LogP) is 0.536. The Bertz CT molecular complexity index is 1070. The average molecular weight is 409 g/mol. The first-order chi connectivity index (χ1) is 13.4. The third-order valence-electron chi connectivity index (χ3n) is 3.63. The first-order valence-corrected chi connectivity index (χ1v) is 8.89. The van der Waals surface area contributed by atoms with E-state index in [0.717, 1.165) is 11.3 Å². The number of thiazole rings is 1. The Labute approximate surface area is 162 Å². The fraction of sp³-hybridized carbons (Fsp3) is 0.278. The number of hydrogen-bond acceptors (Lipinski definition) is 6. The maximum absolute atomic E-state index is 12.8. The molecule has 10 heteroatoms. The van der Waals surface area contributed by atoms with Gasteiger partial charge < -0.3 is 15.2 Å². The number of ether oxygens (including phenoxy) is 2. The summed E-state index contributed by atoms with van der Waals surface area (Å²) in [5.74, 6) is -1.06. The number of benzene rings is 1. The van der Waals surface area contributed by atoms with E-state index in [0.29, 0.717) is 13.0 Å². The molecule has 7 nitrogen and oxygen atoms in total. The summed E-state index contributed by atoms with van der Waals surface area (Å²) in [6.07, 6.45) is 1.83. The van der Waals surface area contributed by atoms with Gasteiger partial charge in [-0.05, 0) is 18.6 Å². The molecule has 0 atom stereocenters. The fourth-order valence-corrected chi connectivity index (χ4v) is 3.55. The van der Waals surface area contributed by atoms with Crippen LogP contribution in [0.2, 0.25) is 0 Å². The number of primary amides is 1. The molecule has 1 aromatic heterocycles. The second-order valence-corrected chi connectivity index (χ2v) is 6.52. The van der Waals surface area contributed by atoms with E-state index in [-0.39, 0.29) is 32.6 Å². The number of hydrogen-bond donors (Lipinski definition) is 1. The minimum absolute atomic E-state index is 0.0998. The minimum Gasteiger partial charge on any atom is -0.434 e. The maximum Gasteiger partial charge on any atom is 0.387 e. The second kappa shape index (κ2) is 9.77. The van der Waals surface area contributed by atoms with Crippen LogP contribution in [0.4, 0.5) is 8.78 Å². The van der Waals surface area contributed by atoms with Crippen molar-refractivity contribution in [2.24, 2.45) is 5.73 Å². The zero-order chi connectivity index (χ0) is 20.7. The molecule has 0 radical (unpaired) electrons. The number of nitrogens with zero attached hydrogens (tertiary/aromatic N) is 2. The Morgan fingerprint density at radius 3 is 2.75 bits per heavy atom. The molecule has 0 bridgehead atoms. The summed E-state index contributed by atoms with van der Waals surface area (Å²) >= 11 is 0.878. The summed E-state index contributed by atoms with van der Waals surface area (Å²) in [5, 5.41) is 9.24. The summed E-state index contributed by atoms with van der Waals surface area (Å²) in [6.45, 7) is -2.46. The van der Waals surface area contributed by atoms with Crippen LogP contribution in [0.5, 0.6) is 5.75 Å². The molecule has 148 valence electrons. The summed E-state index contributed by atoms with van der Waals surface area (Å²) in [4.78, 5) is 24.4. The summed E-state index contributed by atoms with van der Waals surface area (Å²) in [6, 6.07) is 7.69. The molecule has 0 aliphatic rings. The van der Waals surface area contributed by atoms with Crippen LogP contribution in [0, 0.1) is 11.3 Å². The van der Waals surface area contributed by atoms with E-state index < -0.39 is 18.1 Å². The highest BCUT2D eigenvalue weighted by atomic mass is 32.1. The molecule has 0 saturated heterocycles. The van der Waals surface area contributed by atoms with Crippen molar-refractivity contribution in [2.75, 3.05) is 13.7 Å². The van der Waals surface area contributed by atoms with Crippen molar-refractivity contribution in [3.05, 3.63) is 49.4 Å². The van der Waals surface area contributed by atoms with Gasteiger partial charge in [-0.2, -0.15) is 14.0 Å². The first-order valence-electron chi connectivity index (χ1n) is 8.07. The Morgan fingerprint density at radius 1 is 1.43 bits per heavy atom. The van der Waals surface area contributed by atoms with Crippen LogP contribution in [-0.4, -0.2) is 30.8 Å². The SMILES string of the molecule is COCCCn1c(=C(C#N)C(N)=O)sc(=Cc2ccccc2OC(F)F)c1=O. The molecule has 2 aromatic rings. The number of alkyl halides is 2. The molecule has 0 unspecified atom stereocenters. The third-order valence-corrected chi connectivity index (χ3v) is 4.76. The standard InChI is InChI=1S/C18H17F2N3O4S/c1-26-8-4-7-23-16(25)14(28-17(23)12(10-21)15(22)24)9-11-5-2-3-6-13(11)27-18(19)20/h2-3,5-6,9,18H,4,7-8H2,1H3,(H2,22,24). The number of nitrogens with two attached hydrogens (primary N) is 1. The van der Waals surface area contributed by atoms with Gasteiger partial charge in [-0.15, -0.1) is 11.3 Å². The fourth-order valence-electron chi connectivity index (χ4n) is 2.43. The van der Waals surface area contributed by atoms with Gasteiger partial charge in [0.25, 0.3) is 11.5 Å². The largest absolute Gasteiger partial charge is 0.434 e. The van der Waals surface area contributed by atoms with Crippen molar-refractivity contribution in [1.82, 2.24) is 4.57 Å². The highest BCUT2D eigenvalue weighted by molar-refractivity contribution is 7.07. The van der Waals surface area contributed by atoms with Crippen LogP contribution in [-0.2, 0) is 16.1 Å². The lowest BCUT2D eigenvalue weighted by atomic mass is 10.2. The van der Waals surface area contributed by atoms with Gasteiger partial charge in [-0.3, -0.25) is 14.2 Å². The van der Waals surface area contributed by atoms with Crippen molar-refractivity contribution < 1.29 is 23.0 Å². The van der Waals surface area contributed by atoms with E-state index in [2.05, 4.69) is 4.74 Å². The molecule has 2 N–H and O–H groups in total. The van der Waals surface area contributed by atoms with E-state index in [9.17, 15) is 23.6 Å². The Morgan fingerprint density at radius 2 is 2.14 bits per heavy atom. The molecule has 1 heterocycles. The number of halogens is 2. The molecule has 0 spiro atoms. The maximum atomic E-state index is 12.8. The van der Waals surface area contributed by atoms with Gasteiger partial charge in [0, 0.05) is 25.8 Å². The molecule has 28 heavy (non-hydrogen) atoms. The molecule has 0 aliphatic heterocycles. The average Bonchev–Trinajstić information content (AvgIpc) is 2.93. The lowest BCUT2D eigenvalue weighted by molar-refractivity contribution is -0.112. The highest BCUT2D eigenvalue weighted by Gasteiger charge is 2.14. The minimum atomic E-state index is -3.02. The van der Waals surface area contributed by atoms with Crippen LogP contribution in [0.15, 0.2) is 29.1 Å². The second-order valence-electron chi connectivity index (χ2n) is 5.49. The molecule has 1 aromatic carbocycles. The molecule has 2 rings (SSSR count). The Kier molecular flexibility index (Phi) is 7.43. The summed E-state index contributed by atoms with van der Waals surface area (Å²) in [5.41, 5.74) is 4.68. The molecule has 0 fully saturated rings. The Hall–Kier alpha value is -3.03. The quantitative estimate of drug-likeness (QED) is 0.641. The molecule has 0 aliphatic carbocycles. The van der Waals surface area contributed by atoms with Gasteiger partial charge in [0.15, 0.2) is 5.57 Å². The molecular weight excluding hydrogens is 392 g/mol. The van der Waals surface area contributed by atoms with E-state index >= 15 is 0 Å². The van der Waals surface area contributed by atoms with Gasteiger partial charge >= 0.3 is 6.61 Å². The number of rotatable bonds is 8. The number of methoxy groups -OCH3 is 1. The number of amides is 1.